The van der Waals surface area contributed by atoms with Crippen LogP contribution in [0.5, 0.6) is 0 Å². The second-order valence-corrected chi connectivity index (χ2v) is 5.93. The van der Waals surface area contributed by atoms with Gasteiger partial charge in [-0.3, -0.25) is 9.59 Å². The van der Waals surface area contributed by atoms with Crippen molar-refractivity contribution in [3.05, 3.63) is 84.4 Å². The molecular formula is C21H16N2O2. The van der Waals surface area contributed by atoms with Gasteiger partial charge in [-0.2, -0.15) is 0 Å². The van der Waals surface area contributed by atoms with Crippen LogP contribution in [-0.2, 0) is 11.3 Å². The Morgan fingerprint density at radius 2 is 1.84 bits per heavy atom. The third-order valence-electron chi connectivity index (χ3n) is 4.41. The smallest absolute Gasteiger partial charge is 0.259 e. The molecule has 0 aromatic heterocycles. The van der Waals surface area contributed by atoms with Gasteiger partial charge in [0, 0.05) is 22.0 Å². The van der Waals surface area contributed by atoms with Gasteiger partial charge in [-0.05, 0) is 29.8 Å². The van der Waals surface area contributed by atoms with Gasteiger partial charge in [0.15, 0.2) is 0 Å². The molecule has 0 unspecified atom stereocenters. The number of nitrogens with one attached hydrogen (secondary N) is 1. The number of carbonyl (C=O) groups is 2. The van der Waals surface area contributed by atoms with Gasteiger partial charge in [-0.15, -0.1) is 0 Å². The van der Waals surface area contributed by atoms with Gasteiger partial charge >= 0.3 is 0 Å². The number of hydrogen-bond acceptors (Lipinski definition) is 2. The SMILES string of the molecule is C=CC(=O)Nc1ccc2c3c(cccc13)C(=O)N2Cc1ccccc1. The summed E-state index contributed by atoms with van der Waals surface area (Å²) in [5, 5.41) is 4.54. The molecule has 3 aromatic rings. The van der Waals surface area contributed by atoms with Crippen LogP contribution in [0.4, 0.5) is 11.4 Å². The quantitative estimate of drug-likeness (QED) is 0.732. The first-order chi connectivity index (χ1) is 12.2. The molecule has 1 N–H and O–H groups in total. The number of hydrogen-bond donors (Lipinski definition) is 1. The Balaban J connectivity index is 1.82. The predicted octanol–water partition coefficient (Wildman–Crippen LogP) is 4.12. The fourth-order valence-corrected chi connectivity index (χ4v) is 3.26. The van der Waals surface area contributed by atoms with Crippen molar-refractivity contribution < 1.29 is 9.59 Å². The topological polar surface area (TPSA) is 49.4 Å². The molecule has 0 bridgehead atoms. The highest BCUT2D eigenvalue weighted by Gasteiger charge is 2.30. The van der Waals surface area contributed by atoms with E-state index >= 15 is 0 Å². The molecule has 0 spiro atoms. The van der Waals surface area contributed by atoms with Gasteiger partial charge in [0.2, 0.25) is 5.91 Å². The highest BCUT2D eigenvalue weighted by molar-refractivity contribution is 6.27. The molecule has 4 heteroatoms. The van der Waals surface area contributed by atoms with Crippen molar-refractivity contribution in [3.8, 4) is 0 Å². The fraction of sp³-hybridized carbons (Fsp3) is 0.0476. The highest BCUT2D eigenvalue weighted by atomic mass is 16.2. The Hall–Kier alpha value is -3.40. The number of benzene rings is 3. The van der Waals surface area contributed by atoms with Gasteiger partial charge in [0.25, 0.3) is 5.91 Å². The average molecular weight is 328 g/mol. The molecule has 1 aliphatic rings. The summed E-state index contributed by atoms with van der Waals surface area (Å²) in [4.78, 5) is 26.4. The lowest BCUT2D eigenvalue weighted by Crippen LogP contribution is -2.25. The Labute approximate surface area is 145 Å². The molecular weight excluding hydrogens is 312 g/mol. The van der Waals surface area contributed by atoms with Crippen molar-refractivity contribution in [2.45, 2.75) is 6.54 Å². The third-order valence-corrected chi connectivity index (χ3v) is 4.41. The molecule has 122 valence electrons. The summed E-state index contributed by atoms with van der Waals surface area (Å²) in [6.45, 7) is 4.00. The zero-order valence-electron chi connectivity index (χ0n) is 13.5. The van der Waals surface area contributed by atoms with Crippen LogP contribution in [0.3, 0.4) is 0 Å². The molecule has 1 heterocycles. The minimum atomic E-state index is -0.272. The Bertz CT molecular complexity index is 1010. The maximum absolute atomic E-state index is 12.9. The molecule has 4 nitrogen and oxygen atoms in total. The maximum atomic E-state index is 12.9. The van der Waals surface area contributed by atoms with Crippen LogP contribution in [0.1, 0.15) is 15.9 Å². The van der Waals surface area contributed by atoms with Crippen LogP contribution in [0, 0.1) is 0 Å². The summed E-state index contributed by atoms with van der Waals surface area (Å²) in [6, 6.07) is 19.2. The van der Waals surface area contributed by atoms with Gasteiger partial charge < -0.3 is 10.2 Å². The van der Waals surface area contributed by atoms with E-state index in [1.165, 1.54) is 6.08 Å². The van der Waals surface area contributed by atoms with E-state index in [2.05, 4.69) is 11.9 Å². The predicted molar refractivity (Wildman–Crippen MR) is 99.7 cm³/mol. The minimum Gasteiger partial charge on any atom is -0.322 e. The molecule has 2 amide bonds. The lowest BCUT2D eigenvalue weighted by molar-refractivity contribution is -0.111. The Morgan fingerprint density at radius 3 is 2.60 bits per heavy atom. The second-order valence-electron chi connectivity index (χ2n) is 5.93. The van der Waals surface area contributed by atoms with Crippen LogP contribution in [0.2, 0.25) is 0 Å². The maximum Gasteiger partial charge on any atom is 0.259 e. The average Bonchev–Trinajstić information content (AvgIpc) is 2.92. The van der Waals surface area contributed by atoms with E-state index in [0.29, 0.717) is 17.8 Å². The van der Waals surface area contributed by atoms with Crippen molar-refractivity contribution in [1.29, 1.82) is 0 Å². The molecule has 0 saturated heterocycles. The standard InChI is InChI=1S/C21H16N2O2/c1-2-19(24)22-17-11-12-18-20-15(17)9-6-10-16(20)21(25)23(18)13-14-7-4-3-5-8-14/h2-12H,1,13H2,(H,22,24). The molecule has 1 aliphatic heterocycles. The van der Waals surface area contributed by atoms with Gasteiger partial charge in [-0.25, -0.2) is 0 Å². The van der Waals surface area contributed by atoms with Crippen LogP contribution >= 0.6 is 0 Å². The molecule has 0 aliphatic carbocycles. The Kier molecular flexibility index (Phi) is 3.58. The molecule has 0 saturated carbocycles. The fourth-order valence-electron chi connectivity index (χ4n) is 3.26. The molecule has 25 heavy (non-hydrogen) atoms. The first-order valence-electron chi connectivity index (χ1n) is 8.04. The summed E-state index contributed by atoms with van der Waals surface area (Å²) in [7, 11) is 0. The van der Waals surface area contributed by atoms with Crippen molar-refractivity contribution in [2.75, 3.05) is 10.2 Å². The third kappa shape index (κ3) is 2.48. The van der Waals surface area contributed by atoms with Crippen molar-refractivity contribution in [3.63, 3.8) is 0 Å². The van der Waals surface area contributed by atoms with Crippen LogP contribution in [0.25, 0.3) is 10.8 Å². The van der Waals surface area contributed by atoms with E-state index in [1.807, 2.05) is 60.7 Å². The summed E-state index contributed by atoms with van der Waals surface area (Å²) in [5.41, 5.74) is 3.29. The van der Waals surface area contributed by atoms with Crippen molar-refractivity contribution in [1.82, 2.24) is 0 Å². The van der Waals surface area contributed by atoms with Crippen LogP contribution in [0.15, 0.2) is 73.3 Å². The van der Waals surface area contributed by atoms with Gasteiger partial charge in [-0.1, -0.05) is 49.0 Å². The lowest BCUT2D eigenvalue weighted by Gasteiger charge is -2.18. The first kappa shape index (κ1) is 15.1. The molecule has 0 atom stereocenters. The number of carbonyl (C=O) groups excluding carboxylic acids is 2. The lowest BCUT2D eigenvalue weighted by atomic mass is 10.0. The summed E-state index contributed by atoms with van der Waals surface area (Å²) in [5.74, 6) is -0.289. The summed E-state index contributed by atoms with van der Waals surface area (Å²) >= 11 is 0. The number of rotatable bonds is 4. The summed E-state index contributed by atoms with van der Waals surface area (Å²) in [6.07, 6.45) is 1.23. The van der Waals surface area contributed by atoms with Crippen LogP contribution in [-0.4, -0.2) is 11.8 Å². The van der Waals surface area contributed by atoms with E-state index in [1.54, 1.807) is 4.90 Å². The van der Waals surface area contributed by atoms with E-state index < -0.39 is 0 Å². The zero-order chi connectivity index (χ0) is 17.4. The van der Waals surface area contributed by atoms with E-state index in [4.69, 9.17) is 0 Å². The normalized spacial score (nSPS) is 12.5. The molecule has 3 aromatic carbocycles. The highest BCUT2D eigenvalue weighted by Crippen LogP contribution is 2.41. The number of nitrogens with zero attached hydrogens (tertiary/aromatic N) is 1. The van der Waals surface area contributed by atoms with E-state index in [-0.39, 0.29) is 11.8 Å². The van der Waals surface area contributed by atoms with Crippen molar-refractivity contribution in [2.24, 2.45) is 0 Å². The van der Waals surface area contributed by atoms with Gasteiger partial charge in [0.05, 0.1) is 12.2 Å². The summed E-state index contributed by atoms with van der Waals surface area (Å²) < 4.78 is 0. The first-order valence-corrected chi connectivity index (χ1v) is 8.04. The van der Waals surface area contributed by atoms with Crippen molar-refractivity contribution >= 4 is 34.0 Å². The monoisotopic (exact) mass is 328 g/mol. The van der Waals surface area contributed by atoms with E-state index in [9.17, 15) is 9.59 Å². The second kappa shape index (κ2) is 5.91. The largest absolute Gasteiger partial charge is 0.322 e. The Morgan fingerprint density at radius 1 is 1.04 bits per heavy atom. The molecule has 0 radical (unpaired) electrons. The van der Waals surface area contributed by atoms with Gasteiger partial charge in [0.1, 0.15) is 0 Å². The number of amides is 2. The zero-order valence-corrected chi connectivity index (χ0v) is 13.5. The number of anilines is 2. The molecule has 0 fully saturated rings. The minimum absolute atomic E-state index is 0.0170. The van der Waals surface area contributed by atoms with Crippen LogP contribution < -0.4 is 10.2 Å². The van der Waals surface area contributed by atoms with E-state index in [0.717, 1.165) is 22.0 Å². The molecule has 4 rings (SSSR count).